The Morgan fingerprint density at radius 3 is 2.64 bits per heavy atom. The highest BCUT2D eigenvalue weighted by Gasteiger charge is 2.10. The lowest BCUT2D eigenvalue weighted by molar-refractivity contribution is 0.0951. The van der Waals surface area contributed by atoms with Crippen LogP contribution in [-0.2, 0) is 6.54 Å². The van der Waals surface area contributed by atoms with Gasteiger partial charge in [0.2, 0.25) is 0 Å². The molecule has 6 heteroatoms. The maximum Gasteiger partial charge on any atom is 0.251 e. The second-order valence-electron chi connectivity index (χ2n) is 5.81. The van der Waals surface area contributed by atoms with Crippen LogP contribution in [0.2, 0.25) is 0 Å². The van der Waals surface area contributed by atoms with Gasteiger partial charge in [-0.15, -0.1) is 0 Å². The van der Waals surface area contributed by atoms with Crippen LogP contribution in [-0.4, -0.2) is 26.8 Å². The third-order valence-corrected chi connectivity index (χ3v) is 3.52. The van der Waals surface area contributed by atoms with E-state index in [-0.39, 0.29) is 12.0 Å². The smallest absolute Gasteiger partial charge is 0.251 e. The van der Waals surface area contributed by atoms with Crippen LogP contribution < -0.4 is 10.1 Å². The number of carbonyl (C=O) groups is 1. The van der Waals surface area contributed by atoms with Gasteiger partial charge in [-0.2, -0.15) is 5.10 Å². The molecule has 1 N–H and O–H groups in total. The van der Waals surface area contributed by atoms with Crippen molar-refractivity contribution in [1.29, 1.82) is 0 Å². The van der Waals surface area contributed by atoms with E-state index in [1.807, 2.05) is 38.2 Å². The Balaban J connectivity index is 1.67. The highest BCUT2D eigenvalue weighted by Crippen LogP contribution is 2.14. The Morgan fingerprint density at radius 2 is 1.96 bits per heavy atom. The quantitative estimate of drug-likeness (QED) is 0.751. The second-order valence-corrected chi connectivity index (χ2v) is 5.81. The Hall–Kier alpha value is -3.15. The van der Waals surface area contributed by atoms with Crippen LogP contribution in [0.3, 0.4) is 0 Å². The van der Waals surface area contributed by atoms with Crippen molar-refractivity contribution in [2.24, 2.45) is 0 Å². The maximum absolute atomic E-state index is 12.4. The molecule has 0 atom stereocenters. The summed E-state index contributed by atoms with van der Waals surface area (Å²) in [7, 11) is 0. The zero-order valence-electron chi connectivity index (χ0n) is 14.2. The molecule has 3 rings (SSSR count). The fourth-order valence-electron chi connectivity index (χ4n) is 2.40. The third kappa shape index (κ3) is 4.23. The van der Waals surface area contributed by atoms with Crippen molar-refractivity contribution in [2.45, 2.75) is 26.5 Å². The summed E-state index contributed by atoms with van der Waals surface area (Å²) in [6.45, 7) is 4.30. The van der Waals surface area contributed by atoms with E-state index < -0.39 is 0 Å². The summed E-state index contributed by atoms with van der Waals surface area (Å²) in [5.41, 5.74) is 1.47. The molecule has 1 amide bonds. The average molecular weight is 336 g/mol. The van der Waals surface area contributed by atoms with E-state index in [1.54, 1.807) is 41.3 Å². The van der Waals surface area contributed by atoms with Crippen molar-refractivity contribution in [2.75, 3.05) is 0 Å². The highest BCUT2D eigenvalue weighted by atomic mass is 16.5. The number of rotatable bonds is 6. The number of nitrogens with one attached hydrogen (secondary N) is 1. The van der Waals surface area contributed by atoms with E-state index in [4.69, 9.17) is 4.74 Å². The summed E-state index contributed by atoms with van der Waals surface area (Å²) in [5.74, 6) is 1.31. The van der Waals surface area contributed by atoms with Gasteiger partial charge in [0, 0.05) is 36.3 Å². The van der Waals surface area contributed by atoms with Gasteiger partial charge in [0.1, 0.15) is 5.75 Å². The predicted molar refractivity (Wildman–Crippen MR) is 94.7 cm³/mol. The highest BCUT2D eigenvalue weighted by molar-refractivity contribution is 5.94. The number of aromatic nitrogens is 3. The predicted octanol–water partition coefficient (Wildman–Crippen LogP) is 2.98. The van der Waals surface area contributed by atoms with Crippen LogP contribution >= 0.6 is 0 Å². The first kappa shape index (κ1) is 16.7. The lowest BCUT2D eigenvalue weighted by Crippen LogP contribution is -2.23. The molecule has 0 saturated heterocycles. The minimum Gasteiger partial charge on any atom is -0.491 e. The summed E-state index contributed by atoms with van der Waals surface area (Å²) < 4.78 is 7.27. The Morgan fingerprint density at radius 1 is 1.16 bits per heavy atom. The van der Waals surface area contributed by atoms with E-state index in [0.717, 1.165) is 11.3 Å². The second kappa shape index (κ2) is 7.61. The van der Waals surface area contributed by atoms with Crippen molar-refractivity contribution < 1.29 is 9.53 Å². The van der Waals surface area contributed by atoms with Gasteiger partial charge in [-0.3, -0.25) is 4.79 Å². The van der Waals surface area contributed by atoms with Gasteiger partial charge in [0.15, 0.2) is 5.82 Å². The van der Waals surface area contributed by atoms with Crippen LogP contribution in [0.1, 0.15) is 29.8 Å². The molecular weight excluding hydrogens is 316 g/mol. The van der Waals surface area contributed by atoms with E-state index in [0.29, 0.717) is 17.9 Å². The molecule has 2 aromatic heterocycles. The molecule has 0 saturated carbocycles. The zero-order chi connectivity index (χ0) is 17.6. The molecule has 128 valence electrons. The summed E-state index contributed by atoms with van der Waals surface area (Å²) in [4.78, 5) is 16.7. The largest absolute Gasteiger partial charge is 0.491 e. The number of hydrogen-bond acceptors (Lipinski definition) is 4. The molecule has 0 aliphatic heterocycles. The van der Waals surface area contributed by atoms with Crippen LogP contribution in [0.4, 0.5) is 0 Å². The zero-order valence-corrected chi connectivity index (χ0v) is 14.2. The molecule has 0 spiro atoms. The lowest BCUT2D eigenvalue weighted by atomic mass is 10.2. The first-order valence-corrected chi connectivity index (χ1v) is 8.12. The first-order chi connectivity index (χ1) is 12.1. The van der Waals surface area contributed by atoms with Gasteiger partial charge >= 0.3 is 0 Å². The van der Waals surface area contributed by atoms with Crippen molar-refractivity contribution in [1.82, 2.24) is 20.1 Å². The molecule has 6 nitrogen and oxygen atoms in total. The van der Waals surface area contributed by atoms with Crippen molar-refractivity contribution in [3.05, 3.63) is 72.2 Å². The molecule has 3 aromatic rings. The maximum atomic E-state index is 12.4. The monoisotopic (exact) mass is 336 g/mol. The lowest BCUT2D eigenvalue weighted by Gasteiger charge is -2.11. The molecule has 2 heterocycles. The van der Waals surface area contributed by atoms with Crippen molar-refractivity contribution in [3.8, 4) is 11.6 Å². The molecule has 0 aliphatic carbocycles. The average Bonchev–Trinajstić information content (AvgIpc) is 3.14. The summed E-state index contributed by atoms with van der Waals surface area (Å²) in [5, 5.41) is 7.11. The Labute approximate surface area is 146 Å². The molecule has 0 bridgehead atoms. The summed E-state index contributed by atoms with van der Waals surface area (Å²) >= 11 is 0. The van der Waals surface area contributed by atoms with Gasteiger partial charge in [0.05, 0.1) is 6.10 Å². The van der Waals surface area contributed by atoms with Crippen LogP contribution in [0.25, 0.3) is 5.82 Å². The number of nitrogens with zero attached hydrogens (tertiary/aromatic N) is 3. The number of carbonyl (C=O) groups excluding carboxylic acids is 1. The van der Waals surface area contributed by atoms with Gasteiger partial charge in [-0.1, -0.05) is 6.07 Å². The SMILES string of the molecule is CC(C)Oc1ccc(C(=O)NCc2cccnc2-n2cccn2)cc1. The number of ether oxygens (including phenoxy) is 1. The molecule has 0 aliphatic rings. The first-order valence-electron chi connectivity index (χ1n) is 8.12. The fourth-order valence-corrected chi connectivity index (χ4v) is 2.40. The third-order valence-electron chi connectivity index (χ3n) is 3.52. The molecule has 0 unspecified atom stereocenters. The standard InChI is InChI=1S/C19H20N4O2/c1-14(2)25-17-8-6-15(7-9-17)19(24)21-13-16-5-3-10-20-18(16)23-12-4-11-22-23/h3-12,14H,13H2,1-2H3,(H,21,24). The Kier molecular flexibility index (Phi) is 5.09. The van der Waals surface area contributed by atoms with Gasteiger partial charge in [0.25, 0.3) is 5.91 Å². The molecule has 0 fully saturated rings. The molecular formula is C19H20N4O2. The molecule has 25 heavy (non-hydrogen) atoms. The minimum absolute atomic E-state index is 0.103. The topological polar surface area (TPSA) is 69.0 Å². The van der Waals surface area contributed by atoms with Gasteiger partial charge in [-0.05, 0) is 50.2 Å². The van der Waals surface area contributed by atoms with Gasteiger partial charge < -0.3 is 10.1 Å². The van der Waals surface area contributed by atoms with Crippen LogP contribution in [0.5, 0.6) is 5.75 Å². The summed E-state index contributed by atoms with van der Waals surface area (Å²) in [6.07, 6.45) is 5.32. The van der Waals surface area contributed by atoms with E-state index in [2.05, 4.69) is 15.4 Å². The molecule has 0 radical (unpaired) electrons. The number of amides is 1. The van der Waals surface area contributed by atoms with E-state index in [1.165, 1.54) is 0 Å². The van der Waals surface area contributed by atoms with E-state index >= 15 is 0 Å². The number of benzene rings is 1. The normalized spacial score (nSPS) is 10.7. The Bertz CT molecular complexity index is 827. The van der Waals surface area contributed by atoms with Crippen molar-refractivity contribution in [3.63, 3.8) is 0 Å². The van der Waals surface area contributed by atoms with Crippen molar-refractivity contribution >= 4 is 5.91 Å². The number of hydrogen-bond donors (Lipinski definition) is 1. The molecule has 1 aromatic carbocycles. The van der Waals surface area contributed by atoms with E-state index in [9.17, 15) is 4.79 Å². The van der Waals surface area contributed by atoms with Gasteiger partial charge in [-0.25, -0.2) is 9.67 Å². The summed E-state index contributed by atoms with van der Waals surface area (Å²) in [6, 6.07) is 12.7. The fraction of sp³-hybridized carbons (Fsp3) is 0.211. The van der Waals surface area contributed by atoms with Crippen LogP contribution in [0.15, 0.2) is 61.1 Å². The number of pyridine rings is 1. The van der Waals surface area contributed by atoms with Crippen LogP contribution in [0, 0.1) is 0 Å². The minimum atomic E-state index is -0.147.